The summed E-state index contributed by atoms with van der Waals surface area (Å²) in [5, 5.41) is 13.4. The minimum absolute atomic E-state index is 0.408. The first-order valence-corrected chi connectivity index (χ1v) is 6.03. The summed E-state index contributed by atoms with van der Waals surface area (Å²) in [5.41, 5.74) is 3.39. The molecule has 90 valence electrons. The third-order valence-electron chi connectivity index (χ3n) is 3.07. The smallest absolute Gasteiger partial charge is 0.0917 e. The zero-order valence-corrected chi connectivity index (χ0v) is 10.7. The second-order valence-electron chi connectivity index (χ2n) is 4.59. The lowest BCUT2D eigenvalue weighted by Crippen LogP contribution is -2.30. The molecule has 0 bridgehead atoms. The highest BCUT2D eigenvalue weighted by Crippen LogP contribution is 2.18. The fraction of sp³-hybridized carbons (Fsp3) is 0.571. The molecule has 1 aromatic rings. The quantitative estimate of drug-likeness (QED) is 0.801. The Morgan fingerprint density at radius 2 is 2.00 bits per heavy atom. The van der Waals surface area contributed by atoms with Crippen LogP contribution in [0, 0.1) is 13.8 Å². The van der Waals surface area contributed by atoms with E-state index in [1.807, 2.05) is 6.92 Å². The van der Waals surface area contributed by atoms with E-state index in [2.05, 4.69) is 44.3 Å². The molecule has 2 unspecified atom stereocenters. The molecule has 16 heavy (non-hydrogen) atoms. The first-order chi connectivity index (χ1) is 7.54. The van der Waals surface area contributed by atoms with Gasteiger partial charge in [0.25, 0.3) is 0 Å². The fourth-order valence-corrected chi connectivity index (χ4v) is 1.69. The molecule has 0 radical (unpaired) electrons. The van der Waals surface area contributed by atoms with Crippen LogP contribution in [-0.2, 0) is 0 Å². The Morgan fingerprint density at radius 1 is 1.31 bits per heavy atom. The van der Waals surface area contributed by atoms with Crippen molar-refractivity contribution >= 4 is 0 Å². The van der Waals surface area contributed by atoms with Crippen LogP contribution in [0.25, 0.3) is 0 Å². The van der Waals surface area contributed by atoms with Crippen molar-refractivity contribution in [3.05, 3.63) is 34.9 Å². The zero-order valence-electron chi connectivity index (χ0n) is 10.7. The molecule has 1 aromatic carbocycles. The van der Waals surface area contributed by atoms with Gasteiger partial charge in [0, 0.05) is 12.6 Å². The second-order valence-corrected chi connectivity index (χ2v) is 4.59. The fourth-order valence-electron chi connectivity index (χ4n) is 1.69. The van der Waals surface area contributed by atoms with Crippen LogP contribution in [0.3, 0.4) is 0 Å². The third kappa shape index (κ3) is 3.62. The van der Waals surface area contributed by atoms with Crippen molar-refractivity contribution < 1.29 is 5.11 Å². The first-order valence-electron chi connectivity index (χ1n) is 6.03. The topological polar surface area (TPSA) is 32.3 Å². The van der Waals surface area contributed by atoms with Crippen LogP contribution in [-0.4, -0.2) is 17.7 Å². The van der Waals surface area contributed by atoms with E-state index in [1.54, 1.807) is 0 Å². The molecule has 0 saturated carbocycles. The lowest BCUT2D eigenvalue weighted by molar-refractivity contribution is 0.169. The Kier molecular flexibility index (Phi) is 4.97. The van der Waals surface area contributed by atoms with Crippen molar-refractivity contribution in [1.29, 1.82) is 0 Å². The molecule has 0 heterocycles. The van der Waals surface area contributed by atoms with Gasteiger partial charge in [-0.05, 0) is 38.3 Å². The summed E-state index contributed by atoms with van der Waals surface area (Å²) in [6, 6.07) is 6.67. The van der Waals surface area contributed by atoms with Gasteiger partial charge in [-0.1, -0.05) is 30.7 Å². The molecule has 0 aromatic heterocycles. The minimum Gasteiger partial charge on any atom is -0.387 e. The number of aryl methyl sites for hydroxylation is 2. The molecule has 1 rings (SSSR count). The van der Waals surface area contributed by atoms with Crippen molar-refractivity contribution in [3.63, 3.8) is 0 Å². The van der Waals surface area contributed by atoms with Gasteiger partial charge in [0.1, 0.15) is 0 Å². The average Bonchev–Trinajstić information content (AvgIpc) is 2.28. The predicted octanol–water partition coefficient (Wildman–Crippen LogP) is 2.72. The van der Waals surface area contributed by atoms with Crippen LogP contribution in [0.1, 0.15) is 43.1 Å². The van der Waals surface area contributed by atoms with Crippen molar-refractivity contribution in [2.45, 2.75) is 46.3 Å². The number of benzene rings is 1. The maximum Gasteiger partial charge on any atom is 0.0917 e. The molecule has 0 fully saturated rings. The van der Waals surface area contributed by atoms with Crippen molar-refractivity contribution in [2.75, 3.05) is 6.54 Å². The van der Waals surface area contributed by atoms with Crippen LogP contribution >= 0.6 is 0 Å². The molecule has 0 aliphatic carbocycles. The first kappa shape index (κ1) is 13.2. The largest absolute Gasteiger partial charge is 0.387 e. The molecular formula is C14H23NO. The number of hydrogen-bond donors (Lipinski definition) is 2. The molecule has 0 saturated heterocycles. The summed E-state index contributed by atoms with van der Waals surface area (Å²) in [5.74, 6) is 0. The van der Waals surface area contributed by atoms with E-state index < -0.39 is 6.10 Å². The van der Waals surface area contributed by atoms with E-state index in [4.69, 9.17) is 0 Å². The van der Waals surface area contributed by atoms with E-state index in [9.17, 15) is 5.11 Å². The third-order valence-corrected chi connectivity index (χ3v) is 3.07. The zero-order chi connectivity index (χ0) is 12.1. The molecule has 0 aliphatic heterocycles. The Balaban J connectivity index is 2.65. The summed E-state index contributed by atoms with van der Waals surface area (Å²) in [6.07, 6.45) is 0.674. The molecule has 2 N–H and O–H groups in total. The van der Waals surface area contributed by atoms with E-state index in [0.29, 0.717) is 12.6 Å². The predicted molar refractivity (Wildman–Crippen MR) is 68.6 cm³/mol. The summed E-state index contributed by atoms with van der Waals surface area (Å²) in [4.78, 5) is 0. The highest BCUT2D eigenvalue weighted by molar-refractivity contribution is 5.32. The van der Waals surface area contributed by atoms with Gasteiger partial charge in [-0.25, -0.2) is 0 Å². The van der Waals surface area contributed by atoms with Gasteiger partial charge in [-0.15, -0.1) is 0 Å². The molecular weight excluding hydrogens is 198 g/mol. The number of aliphatic hydroxyl groups is 1. The molecule has 0 spiro atoms. The Bertz CT molecular complexity index is 336. The maximum atomic E-state index is 10.1. The van der Waals surface area contributed by atoms with Crippen LogP contribution < -0.4 is 5.32 Å². The Hall–Kier alpha value is -0.860. The summed E-state index contributed by atoms with van der Waals surface area (Å²) in [6.45, 7) is 9.00. The SMILES string of the molecule is CCC(C)NCC(O)c1cc(C)ccc1C. The minimum atomic E-state index is -0.408. The number of rotatable bonds is 5. The number of aliphatic hydroxyl groups excluding tert-OH is 1. The van der Waals surface area contributed by atoms with Crippen LogP contribution in [0.2, 0.25) is 0 Å². The van der Waals surface area contributed by atoms with Crippen LogP contribution in [0.15, 0.2) is 18.2 Å². The molecule has 0 amide bonds. The van der Waals surface area contributed by atoms with Gasteiger partial charge in [-0.2, -0.15) is 0 Å². The Labute approximate surface area is 98.7 Å². The van der Waals surface area contributed by atoms with Gasteiger partial charge in [0.2, 0.25) is 0 Å². The lowest BCUT2D eigenvalue weighted by atomic mass is 10.0. The lowest BCUT2D eigenvalue weighted by Gasteiger charge is -2.18. The standard InChI is InChI=1S/C14H23NO/c1-5-12(4)15-9-14(16)13-8-10(2)6-7-11(13)3/h6-8,12,14-16H,5,9H2,1-4H3. The number of nitrogens with one attached hydrogen (secondary N) is 1. The average molecular weight is 221 g/mol. The van der Waals surface area contributed by atoms with Gasteiger partial charge in [0.05, 0.1) is 6.10 Å². The summed E-state index contributed by atoms with van der Waals surface area (Å²) in [7, 11) is 0. The summed E-state index contributed by atoms with van der Waals surface area (Å²) < 4.78 is 0. The van der Waals surface area contributed by atoms with E-state index in [0.717, 1.165) is 17.5 Å². The van der Waals surface area contributed by atoms with E-state index >= 15 is 0 Å². The normalized spacial score (nSPS) is 14.8. The van der Waals surface area contributed by atoms with E-state index in [1.165, 1.54) is 5.56 Å². The number of hydrogen-bond acceptors (Lipinski definition) is 2. The van der Waals surface area contributed by atoms with Gasteiger partial charge in [-0.3, -0.25) is 0 Å². The Morgan fingerprint density at radius 3 is 2.62 bits per heavy atom. The molecule has 0 aliphatic rings. The second kappa shape index (κ2) is 6.02. The molecule has 2 heteroatoms. The monoisotopic (exact) mass is 221 g/mol. The van der Waals surface area contributed by atoms with Gasteiger partial charge in [0.15, 0.2) is 0 Å². The van der Waals surface area contributed by atoms with Gasteiger partial charge >= 0.3 is 0 Å². The molecule has 2 atom stereocenters. The highest BCUT2D eigenvalue weighted by Gasteiger charge is 2.11. The van der Waals surface area contributed by atoms with Crippen molar-refractivity contribution in [1.82, 2.24) is 5.32 Å². The van der Waals surface area contributed by atoms with Gasteiger partial charge < -0.3 is 10.4 Å². The summed E-state index contributed by atoms with van der Waals surface area (Å²) >= 11 is 0. The highest BCUT2D eigenvalue weighted by atomic mass is 16.3. The van der Waals surface area contributed by atoms with E-state index in [-0.39, 0.29) is 0 Å². The maximum absolute atomic E-state index is 10.1. The van der Waals surface area contributed by atoms with Crippen LogP contribution in [0.4, 0.5) is 0 Å². The van der Waals surface area contributed by atoms with Crippen LogP contribution in [0.5, 0.6) is 0 Å². The van der Waals surface area contributed by atoms with Crippen molar-refractivity contribution in [2.24, 2.45) is 0 Å². The van der Waals surface area contributed by atoms with Crippen molar-refractivity contribution in [3.8, 4) is 0 Å². The molecule has 2 nitrogen and oxygen atoms in total.